The number of amides is 4. The maximum Gasteiger partial charge on any atom is 0.244 e. The number of aromatic amines is 2. The van der Waals surface area contributed by atoms with E-state index in [1.807, 2.05) is 92.9 Å². The fourth-order valence-corrected chi connectivity index (χ4v) is 10.9. The Morgan fingerprint density at radius 2 is 1.06 bits per heavy atom. The Balaban J connectivity index is 0.000000198. The molecule has 424 valence electrons. The predicted molar refractivity (Wildman–Crippen MR) is 315 cm³/mol. The number of morpholine rings is 1. The Labute approximate surface area is 496 Å². The number of halogens is 4. The number of rotatable bonds is 16. The quantitative estimate of drug-likeness (QED) is 0.0659. The van der Waals surface area contributed by atoms with E-state index in [2.05, 4.69) is 51.7 Å². The van der Waals surface area contributed by atoms with E-state index in [1.54, 1.807) is 53.5 Å². The van der Waals surface area contributed by atoms with Crippen LogP contribution in [0.25, 0.3) is 46.0 Å². The normalized spacial score (nSPS) is 16.2. The van der Waals surface area contributed by atoms with E-state index in [1.165, 1.54) is 34.2 Å². The third-order valence-corrected chi connectivity index (χ3v) is 15.2. The van der Waals surface area contributed by atoms with Crippen LogP contribution in [0.2, 0.25) is 20.4 Å². The van der Waals surface area contributed by atoms with Crippen molar-refractivity contribution in [3.8, 4) is 33.9 Å². The van der Waals surface area contributed by atoms with Crippen molar-refractivity contribution in [3.05, 3.63) is 164 Å². The molecule has 82 heavy (non-hydrogen) atoms. The van der Waals surface area contributed by atoms with E-state index in [-0.39, 0.29) is 36.9 Å². The average Bonchev–Trinajstić information content (AvgIpc) is 4.46. The van der Waals surface area contributed by atoms with Gasteiger partial charge in [-0.1, -0.05) is 106 Å². The molecule has 2 fully saturated rings. The molecule has 4 amide bonds. The molecule has 4 aromatic carbocycles. The third kappa shape index (κ3) is 15.4. The number of imidazole rings is 2. The van der Waals surface area contributed by atoms with Gasteiger partial charge in [0.1, 0.15) is 46.0 Å². The van der Waals surface area contributed by atoms with E-state index in [4.69, 9.17) is 61.1 Å². The van der Waals surface area contributed by atoms with Gasteiger partial charge in [0.15, 0.2) is 0 Å². The van der Waals surface area contributed by atoms with Gasteiger partial charge in [-0.05, 0) is 97.1 Å². The highest BCUT2D eigenvalue weighted by Crippen LogP contribution is 2.32. The summed E-state index contributed by atoms with van der Waals surface area (Å²) in [6.45, 7) is 10.1. The monoisotopic (exact) mass is 1200 g/mol. The summed E-state index contributed by atoms with van der Waals surface area (Å²) >= 11 is 27.3. The molecule has 21 nitrogen and oxygen atoms in total. The summed E-state index contributed by atoms with van der Waals surface area (Å²) in [6, 6.07) is 24.4. The van der Waals surface area contributed by atoms with E-state index in [9.17, 15) is 19.2 Å². The third-order valence-electron chi connectivity index (χ3n) is 13.2. The molecular formula is C56H56Cl4N16O5S. The van der Waals surface area contributed by atoms with Crippen LogP contribution in [0.5, 0.6) is 0 Å². The standard InChI is InChI=1S/C29H30Cl2N8O3.C27H26Cl2N8O2S/c1-17-4-6-20(7-5-17)27-28(31)35-29(34-27)23(13-26(41)38-14-18(2)42-19(3)15-38)33-25(40)11-8-21-12-22(30)9-10-24(21)39-16-32-36-37-39;1-17-2-4-18(5-3-17)25-26(29)33-27(32-25)21(15-24(39)36-10-12-40-13-11-36)31-23(38)9-6-19-14-20(28)7-8-22(19)37-16-30-34-35-37/h4-12,16,18-19,23H,13-15H2,1-3H3,(H,33,40)(H,34,35);2-9,14,16,21H,10-13,15H2,1H3,(H,31,38)(H,32,33)/b11-8+;9-6+/t18?,19?,23-;21-/m00/s1. The summed E-state index contributed by atoms with van der Waals surface area (Å²) in [6.07, 6.45) is 8.69. The lowest BCUT2D eigenvalue weighted by Gasteiger charge is -2.36. The first-order valence-corrected chi connectivity index (χ1v) is 28.7. The number of aryl methyl sites for hydroxylation is 2. The van der Waals surface area contributed by atoms with Crippen LogP contribution in [0.3, 0.4) is 0 Å². The van der Waals surface area contributed by atoms with Crippen molar-refractivity contribution in [2.45, 2.75) is 64.8 Å². The number of nitrogens with one attached hydrogen (secondary N) is 4. The van der Waals surface area contributed by atoms with Gasteiger partial charge in [0.25, 0.3) is 0 Å². The highest BCUT2D eigenvalue weighted by molar-refractivity contribution is 7.99. The van der Waals surface area contributed by atoms with Crippen molar-refractivity contribution < 1.29 is 23.9 Å². The van der Waals surface area contributed by atoms with Gasteiger partial charge in [0.2, 0.25) is 23.6 Å². The first-order valence-electron chi connectivity index (χ1n) is 26.0. The van der Waals surface area contributed by atoms with Gasteiger partial charge in [-0.3, -0.25) is 19.2 Å². The summed E-state index contributed by atoms with van der Waals surface area (Å²) in [5.41, 5.74) is 7.49. The van der Waals surface area contributed by atoms with Crippen LogP contribution in [0, 0.1) is 13.8 Å². The summed E-state index contributed by atoms with van der Waals surface area (Å²) in [5.74, 6) is 1.50. The zero-order valence-electron chi connectivity index (χ0n) is 44.8. The van der Waals surface area contributed by atoms with Crippen LogP contribution in [0.4, 0.5) is 0 Å². The fourth-order valence-electron chi connectivity index (χ4n) is 9.16. The van der Waals surface area contributed by atoms with E-state index in [0.29, 0.717) is 92.1 Å². The number of tetrazole rings is 2. The zero-order valence-corrected chi connectivity index (χ0v) is 48.7. The van der Waals surface area contributed by atoms with Gasteiger partial charge < -0.3 is 35.1 Å². The number of aromatic nitrogens is 12. The van der Waals surface area contributed by atoms with Gasteiger partial charge in [-0.25, -0.2) is 9.97 Å². The van der Waals surface area contributed by atoms with E-state index < -0.39 is 23.9 Å². The maximum absolute atomic E-state index is 13.4. The minimum atomic E-state index is -0.779. The van der Waals surface area contributed by atoms with Crippen LogP contribution in [-0.4, -0.2) is 144 Å². The fraction of sp³-hybridized carbons (Fsp3) is 0.286. The molecule has 8 aromatic rings. The summed E-state index contributed by atoms with van der Waals surface area (Å²) in [4.78, 5) is 72.2. The molecule has 0 saturated carbocycles. The highest BCUT2D eigenvalue weighted by atomic mass is 35.5. The molecule has 2 unspecified atom stereocenters. The maximum atomic E-state index is 13.4. The number of carbonyl (C=O) groups is 4. The van der Waals surface area contributed by atoms with Crippen molar-refractivity contribution in [1.82, 2.24) is 80.8 Å². The molecule has 6 heterocycles. The number of nitrogens with zero attached hydrogens (tertiary/aromatic N) is 12. The minimum Gasteiger partial charge on any atom is -0.372 e. The SMILES string of the molecule is Cc1ccc(-c2nc([C@H](CC(=O)N3CC(C)OC(C)C3)NC(=O)/C=C/c3cc(Cl)ccc3-n3cnnn3)[nH]c2Cl)cc1.Cc1ccc(-c2nc([C@H](CC(=O)N3CCSCC3)NC(=O)/C=C/c3cc(Cl)ccc3-n3cnnn3)[nH]c2Cl)cc1. The number of hydrogen-bond acceptors (Lipinski definition) is 14. The first-order chi connectivity index (χ1) is 39.5. The Hall–Kier alpha value is -7.73. The zero-order chi connectivity index (χ0) is 57.9. The number of thioether (sulfide) groups is 1. The van der Waals surface area contributed by atoms with E-state index in [0.717, 1.165) is 33.8 Å². The second-order valence-corrected chi connectivity index (χ2v) is 22.3. The number of benzene rings is 4. The number of carbonyl (C=O) groups excluding carboxylic acids is 4. The molecule has 2 saturated heterocycles. The minimum absolute atomic E-state index is 0.0246. The van der Waals surface area contributed by atoms with Gasteiger partial charge in [0, 0.05) is 82.1 Å². The number of ether oxygens (including phenoxy) is 1. The Bertz CT molecular complexity index is 3560. The lowest BCUT2D eigenvalue weighted by atomic mass is 10.1. The summed E-state index contributed by atoms with van der Waals surface area (Å²) in [5, 5.41) is 30.0. The van der Waals surface area contributed by atoms with Crippen molar-refractivity contribution in [2.75, 3.05) is 37.7 Å². The largest absolute Gasteiger partial charge is 0.372 e. The van der Waals surface area contributed by atoms with Gasteiger partial charge in [-0.15, -0.1) is 10.2 Å². The molecule has 0 bridgehead atoms. The van der Waals surface area contributed by atoms with Crippen LogP contribution >= 0.6 is 58.2 Å². The Morgan fingerprint density at radius 3 is 1.48 bits per heavy atom. The molecule has 4 atom stereocenters. The van der Waals surface area contributed by atoms with Gasteiger partial charge in [0.05, 0.1) is 48.5 Å². The molecule has 4 N–H and O–H groups in total. The molecule has 10 rings (SSSR count). The Kier molecular flexibility index (Phi) is 19.7. The van der Waals surface area contributed by atoms with Crippen LogP contribution in [0.15, 0.2) is 110 Å². The smallest absolute Gasteiger partial charge is 0.244 e. The highest BCUT2D eigenvalue weighted by Gasteiger charge is 2.31. The van der Waals surface area contributed by atoms with Crippen LogP contribution < -0.4 is 10.6 Å². The molecule has 4 aromatic heterocycles. The molecule has 0 radical (unpaired) electrons. The lowest BCUT2D eigenvalue weighted by Crippen LogP contribution is -2.49. The average molecular weight is 1210 g/mol. The second kappa shape index (κ2) is 27.4. The topological polar surface area (TPSA) is 253 Å². The molecule has 26 heteroatoms. The van der Waals surface area contributed by atoms with Crippen molar-refractivity contribution >= 4 is 93.9 Å². The number of H-pyrrole nitrogens is 2. The van der Waals surface area contributed by atoms with Gasteiger partial charge >= 0.3 is 0 Å². The Morgan fingerprint density at radius 1 is 0.634 bits per heavy atom. The molecule has 0 aliphatic carbocycles. The number of hydrogen-bond donors (Lipinski definition) is 4. The molecule has 2 aliphatic heterocycles. The van der Waals surface area contributed by atoms with Crippen molar-refractivity contribution in [1.29, 1.82) is 0 Å². The summed E-state index contributed by atoms with van der Waals surface area (Å²) < 4.78 is 8.73. The first kappa shape index (κ1) is 58.9. The van der Waals surface area contributed by atoms with Crippen LogP contribution in [-0.2, 0) is 23.9 Å². The predicted octanol–water partition coefficient (Wildman–Crippen LogP) is 9.07. The van der Waals surface area contributed by atoms with Crippen molar-refractivity contribution in [2.24, 2.45) is 0 Å². The molecule has 2 aliphatic rings. The summed E-state index contributed by atoms with van der Waals surface area (Å²) in [7, 11) is 0. The van der Waals surface area contributed by atoms with Crippen LogP contribution in [0.1, 0.15) is 72.7 Å². The lowest BCUT2D eigenvalue weighted by molar-refractivity contribution is -0.144. The molecular weight excluding hydrogens is 1150 g/mol. The molecule has 0 spiro atoms. The van der Waals surface area contributed by atoms with Gasteiger partial charge in [-0.2, -0.15) is 21.1 Å². The van der Waals surface area contributed by atoms with E-state index >= 15 is 0 Å². The second-order valence-electron chi connectivity index (χ2n) is 19.5. The van der Waals surface area contributed by atoms with Crippen molar-refractivity contribution in [3.63, 3.8) is 0 Å².